The molecule has 0 saturated carbocycles. The summed E-state index contributed by atoms with van der Waals surface area (Å²) in [6.07, 6.45) is -4.64. The van der Waals surface area contributed by atoms with Crippen LogP contribution in [0.4, 0.5) is 22.0 Å². The van der Waals surface area contributed by atoms with E-state index in [1.807, 2.05) is 0 Å². The molecule has 0 radical (unpaired) electrons. The van der Waals surface area contributed by atoms with Crippen molar-refractivity contribution in [3.63, 3.8) is 0 Å². The first-order valence-corrected chi connectivity index (χ1v) is 6.36. The van der Waals surface area contributed by atoms with Gasteiger partial charge < -0.3 is 0 Å². The fraction of sp³-hybridized carbons (Fsp3) is 0.0714. The molecule has 0 heterocycles. The van der Waals surface area contributed by atoms with E-state index in [1.54, 1.807) is 0 Å². The smallest absolute Gasteiger partial charge is 0.289 e. The molecule has 1 nitrogen and oxygen atoms in total. The quantitative estimate of drug-likeness (QED) is 0.542. The van der Waals surface area contributed by atoms with E-state index in [2.05, 4.69) is 15.9 Å². The maximum absolute atomic E-state index is 13.1. The number of alkyl halides is 3. The van der Waals surface area contributed by atoms with Crippen LogP contribution in [0.25, 0.3) is 0 Å². The highest BCUT2D eigenvalue weighted by atomic mass is 79.9. The van der Waals surface area contributed by atoms with E-state index in [9.17, 15) is 26.7 Å². The molecule has 0 saturated heterocycles. The average molecular weight is 365 g/mol. The van der Waals surface area contributed by atoms with Crippen LogP contribution >= 0.6 is 15.9 Å². The average Bonchev–Trinajstić information content (AvgIpc) is 2.40. The molecule has 0 aliphatic rings. The Kier molecular flexibility index (Phi) is 4.13. The Labute approximate surface area is 124 Å². The van der Waals surface area contributed by atoms with E-state index in [-0.39, 0.29) is 15.6 Å². The number of hydrogen-bond acceptors (Lipinski definition) is 1. The van der Waals surface area contributed by atoms with Gasteiger partial charge in [-0.25, -0.2) is 8.78 Å². The van der Waals surface area contributed by atoms with E-state index >= 15 is 0 Å². The minimum Gasteiger partial charge on any atom is -0.289 e. The molecular formula is C14H6BrF5O. The predicted molar refractivity (Wildman–Crippen MR) is 68.9 cm³/mol. The van der Waals surface area contributed by atoms with Crippen molar-refractivity contribution in [3.8, 4) is 0 Å². The number of carbonyl (C=O) groups is 1. The molecule has 0 aliphatic heterocycles. The van der Waals surface area contributed by atoms with Crippen molar-refractivity contribution in [1.82, 2.24) is 0 Å². The summed E-state index contributed by atoms with van der Waals surface area (Å²) >= 11 is 2.75. The molecule has 21 heavy (non-hydrogen) atoms. The SMILES string of the molecule is O=C(c1ccc(F)c(F)c1)c1ccc(Br)c(C(F)(F)F)c1. The van der Waals surface area contributed by atoms with Crippen LogP contribution in [0.5, 0.6) is 0 Å². The van der Waals surface area contributed by atoms with Gasteiger partial charge in [-0.3, -0.25) is 4.79 Å². The maximum atomic E-state index is 13.1. The summed E-state index contributed by atoms with van der Waals surface area (Å²) in [4.78, 5) is 12.0. The Hall–Kier alpha value is -1.76. The van der Waals surface area contributed by atoms with Crippen molar-refractivity contribution < 1.29 is 26.7 Å². The standard InChI is InChI=1S/C14H6BrF5O/c15-10-3-1-7(5-9(10)14(18,19)20)13(21)8-2-4-11(16)12(17)6-8/h1-6H. The van der Waals surface area contributed by atoms with Gasteiger partial charge in [-0.2, -0.15) is 13.2 Å². The van der Waals surface area contributed by atoms with Gasteiger partial charge in [0.15, 0.2) is 17.4 Å². The zero-order valence-electron chi connectivity index (χ0n) is 10.1. The third-order valence-corrected chi connectivity index (χ3v) is 3.41. The Morgan fingerprint density at radius 1 is 0.905 bits per heavy atom. The van der Waals surface area contributed by atoms with Gasteiger partial charge in [-0.05, 0) is 36.4 Å². The van der Waals surface area contributed by atoms with Crippen molar-refractivity contribution in [3.05, 3.63) is 69.2 Å². The highest BCUT2D eigenvalue weighted by Gasteiger charge is 2.33. The maximum Gasteiger partial charge on any atom is 0.417 e. The topological polar surface area (TPSA) is 17.1 Å². The molecule has 0 amide bonds. The molecule has 7 heteroatoms. The first-order chi connectivity index (χ1) is 9.70. The molecule has 0 atom stereocenters. The molecule has 2 aromatic carbocycles. The van der Waals surface area contributed by atoms with E-state index in [1.165, 1.54) is 6.07 Å². The van der Waals surface area contributed by atoms with Crippen LogP contribution in [-0.4, -0.2) is 5.78 Å². The summed E-state index contributed by atoms with van der Waals surface area (Å²) in [6, 6.07) is 5.31. The van der Waals surface area contributed by atoms with Crippen LogP contribution in [-0.2, 0) is 6.18 Å². The lowest BCUT2D eigenvalue weighted by molar-refractivity contribution is -0.138. The van der Waals surface area contributed by atoms with Crippen LogP contribution in [0.3, 0.4) is 0 Å². The first kappa shape index (κ1) is 15.6. The summed E-state index contributed by atoms with van der Waals surface area (Å²) in [5.74, 6) is -3.21. The van der Waals surface area contributed by atoms with Gasteiger partial charge in [0.05, 0.1) is 5.56 Å². The van der Waals surface area contributed by atoms with Crippen LogP contribution < -0.4 is 0 Å². The van der Waals surface area contributed by atoms with Crippen LogP contribution in [0.1, 0.15) is 21.5 Å². The van der Waals surface area contributed by atoms with E-state index in [0.717, 1.165) is 18.2 Å². The van der Waals surface area contributed by atoms with Crippen LogP contribution in [0, 0.1) is 11.6 Å². The second kappa shape index (κ2) is 5.55. The van der Waals surface area contributed by atoms with Crippen molar-refractivity contribution in [2.75, 3.05) is 0 Å². The number of halogens is 6. The van der Waals surface area contributed by atoms with E-state index < -0.39 is 29.2 Å². The molecule has 2 rings (SSSR count). The second-order valence-corrected chi connectivity index (χ2v) is 5.00. The lowest BCUT2D eigenvalue weighted by Crippen LogP contribution is -2.09. The Balaban J connectivity index is 2.46. The Morgan fingerprint density at radius 2 is 1.48 bits per heavy atom. The molecule has 0 fully saturated rings. The fourth-order valence-corrected chi connectivity index (χ4v) is 2.16. The Morgan fingerprint density at radius 3 is 2.05 bits per heavy atom. The molecule has 0 N–H and O–H groups in total. The molecule has 0 aromatic heterocycles. The van der Waals surface area contributed by atoms with Gasteiger partial charge in [0.2, 0.25) is 0 Å². The van der Waals surface area contributed by atoms with Crippen LogP contribution in [0.15, 0.2) is 40.9 Å². The number of ketones is 1. The molecule has 110 valence electrons. The van der Waals surface area contributed by atoms with Gasteiger partial charge in [-0.15, -0.1) is 0 Å². The molecule has 0 spiro atoms. The Bertz CT molecular complexity index is 709. The zero-order valence-corrected chi connectivity index (χ0v) is 11.7. The zero-order chi connectivity index (χ0) is 15.8. The normalized spacial score (nSPS) is 11.5. The number of carbonyl (C=O) groups excluding carboxylic acids is 1. The highest BCUT2D eigenvalue weighted by Crippen LogP contribution is 2.35. The van der Waals surface area contributed by atoms with Crippen molar-refractivity contribution >= 4 is 21.7 Å². The minimum absolute atomic E-state index is 0.211. The molecular weight excluding hydrogens is 359 g/mol. The van der Waals surface area contributed by atoms with Crippen molar-refractivity contribution in [2.45, 2.75) is 6.18 Å². The van der Waals surface area contributed by atoms with Gasteiger partial charge in [0, 0.05) is 15.6 Å². The summed E-state index contributed by atoms with van der Waals surface area (Å²) < 4.78 is 63.9. The molecule has 2 aromatic rings. The largest absolute Gasteiger partial charge is 0.417 e. The van der Waals surface area contributed by atoms with Gasteiger partial charge >= 0.3 is 6.18 Å². The summed E-state index contributed by atoms with van der Waals surface area (Å²) in [5.41, 5.74) is -1.52. The third-order valence-electron chi connectivity index (χ3n) is 2.72. The van der Waals surface area contributed by atoms with Gasteiger partial charge in [-0.1, -0.05) is 15.9 Å². The van der Waals surface area contributed by atoms with Crippen molar-refractivity contribution in [2.24, 2.45) is 0 Å². The van der Waals surface area contributed by atoms with Crippen molar-refractivity contribution in [1.29, 1.82) is 0 Å². The summed E-state index contributed by atoms with van der Waals surface area (Å²) in [5, 5.41) is 0. The highest BCUT2D eigenvalue weighted by molar-refractivity contribution is 9.10. The first-order valence-electron chi connectivity index (χ1n) is 5.56. The second-order valence-electron chi connectivity index (χ2n) is 4.15. The lowest BCUT2D eigenvalue weighted by Gasteiger charge is -2.10. The minimum atomic E-state index is -4.64. The van der Waals surface area contributed by atoms with E-state index in [4.69, 9.17) is 0 Å². The predicted octanol–water partition coefficient (Wildman–Crippen LogP) is 4.98. The van der Waals surface area contributed by atoms with Gasteiger partial charge in [0.1, 0.15) is 0 Å². The number of rotatable bonds is 2. The number of benzene rings is 2. The van der Waals surface area contributed by atoms with E-state index in [0.29, 0.717) is 12.1 Å². The summed E-state index contributed by atoms with van der Waals surface area (Å²) in [7, 11) is 0. The third kappa shape index (κ3) is 3.29. The monoisotopic (exact) mass is 364 g/mol. The number of hydrogen-bond donors (Lipinski definition) is 0. The fourth-order valence-electron chi connectivity index (χ4n) is 1.69. The lowest BCUT2D eigenvalue weighted by atomic mass is 10.0. The molecule has 0 bridgehead atoms. The van der Waals surface area contributed by atoms with Gasteiger partial charge in [0.25, 0.3) is 0 Å². The molecule has 0 aliphatic carbocycles. The molecule has 0 unspecified atom stereocenters. The van der Waals surface area contributed by atoms with Crippen LogP contribution in [0.2, 0.25) is 0 Å². The summed E-state index contributed by atoms with van der Waals surface area (Å²) in [6.45, 7) is 0.